The summed E-state index contributed by atoms with van der Waals surface area (Å²) in [5.74, 6) is 2.29. The van der Waals surface area contributed by atoms with Crippen LogP contribution in [0.25, 0.3) is 20.5 Å². The summed E-state index contributed by atoms with van der Waals surface area (Å²) in [5.41, 5.74) is 5.01. The molecule has 4 aromatic rings. The maximum absolute atomic E-state index is 12.1. The summed E-state index contributed by atoms with van der Waals surface area (Å²) in [6.07, 6.45) is 6.10. The van der Waals surface area contributed by atoms with E-state index < -0.39 is 0 Å². The van der Waals surface area contributed by atoms with Crippen LogP contribution in [0.1, 0.15) is 37.3 Å². The molecular weight excluding hydrogens is 502 g/mol. The van der Waals surface area contributed by atoms with Crippen molar-refractivity contribution < 1.29 is 14.3 Å². The Morgan fingerprint density at radius 1 is 0.923 bits per heavy atom. The van der Waals surface area contributed by atoms with Gasteiger partial charge in [0.2, 0.25) is 0 Å². The number of hydrogen-bond donors (Lipinski definition) is 0. The van der Waals surface area contributed by atoms with Crippen LogP contribution in [-0.4, -0.2) is 43.5 Å². The predicted molar refractivity (Wildman–Crippen MR) is 160 cm³/mol. The van der Waals surface area contributed by atoms with Crippen LogP contribution in [0.3, 0.4) is 0 Å². The van der Waals surface area contributed by atoms with Crippen molar-refractivity contribution in [1.29, 1.82) is 0 Å². The van der Waals surface area contributed by atoms with E-state index in [0.717, 1.165) is 31.1 Å². The number of thiophene rings is 1. The molecule has 1 aliphatic carbocycles. The number of carbonyl (C=O) groups excluding carboxylic acids is 1. The number of likely N-dealkylation sites (tertiary alicyclic amines) is 1. The van der Waals surface area contributed by atoms with E-state index in [9.17, 15) is 4.79 Å². The average molecular weight is 538 g/mol. The quantitative estimate of drug-likeness (QED) is 0.175. The van der Waals surface area contributed by atoms with Crippen LogP contribution in [0, 0.1) is 5.92 Å². The summed E-state index contributed by atoms with van der Waals surface area (Å²) in [7, 11) is 0. The zero-order valence-corrected chi connectivity index (χ0v) is 23.3. The lowest BCUT2D eigenvalue weighted by Crippen LogP contribution is -2.25. The second-order valence-corrected chi connectivity index (χ2v) is 11.7. The molecule has 0 saturated carbocycles. The number of carbonyl (C=O) groups is 1. The minimum absolute atomic E-state index is 0.126. The monoisotopic (exact) mass is 537 g/mol. The van der Waals surface area contributed by atoms with Crippen molar-refractivity contribution in [1.82, 2.24) is 4.90 Å². The highest BCUT2D eigenvalue weighted by Crippen LogP contribution is 2.40. The van der Waals surface area contributed by atoms with Gasteiger partial charge in [-0.15, -0.1) is 11.3 Å². The Bertz CT molecular complexity index is 1460. The predicted octanol–water partition coefficient (Wildman–Crippen LogP) is 7.55. The average Bonchev–Trinajstić information content (AvgIpc) is 3.31. The lowest BCUT2D eigenvalue weighted by molar-refractivity contribution is -0.120. The third-order valence-electron chi connectivity index (χ3n) is 7.73. The first-order valence-corrected chi connectivity index (χ1v) is 14.8. The van der Waals surface area contributed by atoms with Crippen molar-refractivity contribution in [2.45, 2.75) is 32.6 Å². The number of benzene rings is 3. The molecule has 2 aliphatic rings. The molecule has 200 valence electrons. The molecule has 6 rings (SSSR count). The van der Waals surface area contributed by atoms with Crippen molar-refractivity contribution in [3.8, 4) is 21.9 Å². The molecule has 2 heterocycles. The first-order valence-electron chi connectivity index (χ1n) is 14.0. The fourth-order valence-electron chi connectivity index (χ4n) is 5.35. The van der Waals surface area contributed by atoms with Gasteiger partial charge in [-0.25, -0.2) is 0 Å². The Morgan fingerprint density at radius 2 is 1.62 bits per heavy atom. The summed E-state index contributed by atoms with van der Waals surface area (Å²) in [4.78, 5) is 15.9. The van der Waals surface area contributed by atoms with Gasteiger partial charge in [0.05, 0.1) is 0 Å². The minimum Gasteiger partial charge on any atom is -0.492 e. The maximum Gasteiger partial charge on any atom is 0.174 e. The Labute approximate surface area is 234 Å². The van der Waals surface area contributed by atoms with Gasteiger partial charge >= 0.3 is 0 Å². The Hall–Kier alpha value is -3.41. The molecule has 1 saturated heterocycles. The molecule has 1 unspecified atom stereocenters. The Kier molecular flexibility index (Phi) is 7.80. The molecular formula is C34H35NO3S. The Balaban J connectivity index is 1.13. The number of fused-ring (bicyclic) bond motifs is 1. The van der Waals surface area contributed by atoms with Gasteiger partial charge in [-0.1, -0.05) is 48.9 Å². The lowest BCUT2D eigenvalue weighted by atomic mass is 9.99. The van der Waals surface area contributed by atoms with E-state index in [1.54, 1.807) is 0 Å². The van der Waals surface area contributed by atoms with Gasteiger partial charge in [-0.2, -0.15) is 0 Å². The molecule has 0 radical (unpaired) electrons. The highest BCUT2D eigenvalue weighted by atomic mass is 32.1. The second-order valence-electron chi connectivity index (χ2n) is 10.7. The van der Waals surface area contributed by atoms with Crippen molar-refractivity contribution in [3.05, 3.63) is 95.6 Å². The minimum atomic E-state index is 0.126. The van der Waals surface area contributed by atoms with Gasteiger partial charge in [0.15, 0.2) is 5.78 Å². The van der Waals surface area contributed by atoms with Crippen LogP contribution in [0.2, 0.25) is 0 Å². The van der Waals surface area contributed by atoms with Gasteiger partial charge in [-0.05, 0) is 103 Å². The molecule has 0 bridgehead atoms. The summed E-state index contributed by atoms with van der Waals surface area (Å²) in [6, 6.07) is 25.4. The fourth-order valence-corrected chi connectivity index (χ4v) is 6.58. The third-order valence-corrected chi connectivity index (χ3v) is 9.00. The standard InChI is InChI=1S/C34H35NO3S/c1-24-20-27(24)22-28(36)23-38-30-12-8-25(9-13-30)21-32-31-6-2-3-7-33(31)39-34(32)26-10-14-29(15-11-26)37-19-18-35-16-4-5-17-35/h2-3,6-15,20,24H,4-5,16-19,21-23H2,1H3. The highest BCUT2D eigenvalue weighted by molar-refractivity contribution is 7.22. The number of nitrogens with zero attached hydrogens (tertiary/aromatic N) is 1. The van der Waals surface area contributed by atoms with Crippen LogP contribution in [0.4, 0.5) is 0 Å². The number of ether oxygens (including phenoxy) is 2. The number of rotatable bonds is 12. The SMILES string of the molecule is CC1C=C1CC(=O)COc1ccc(Cc2c(-c3ccc(OCCN4CCCC4)cc3)sc3ccccc23)cc1. The van der Waals surface area contributed by atoms with E-state index in [1.165, 1.54) is 63.2 Å². The van der Waals surface area contributed by atoms with Crippen molar-refractivity contribution in [2.24, 2.45) is 5.92 Å². The van der Waals surface area contributed by atoms with Crippen LogP contribution in [0.5, 0.6) is 11.5 Å². The number of hydrogen-bond acceptors (Lipinski definition) is 5. The molecule has 3 aromatic carbocycles. The van der Waals surface area contributed by atoms with E-state index in [1.807, 2.05) is 23.5 Å². The van der Waals surface area contributed by atoms with Gasteiger partial charge in [0.1, 0.15) is 24.7 Å². The molecule has 0 N–H and O–H groups in total. The van der Waals surface area contributed by atoms with Gasteiger partial charge in [0, 0.05) is 22.5 Å². The lowest BCUT2D eigenvalue weighted by Gasteiger charge is -2.15. The van der Waals surface area contributed by atoms with Crippen molar-refractivity contribution >= 4 is 27.2 Å². The first-order chi connectivity index (χ1) is 19.1. The van der Waals surface area contributed by atoms with E-state index in [0.29, 0.717) is 12.3 Å². The molecule has 39 heavy (non-hydrogen) atoms. The third kappa shape index (κ3) is 6.43. The topological polar surface area (TPSA) is 38.8 Å². The molecule has 1 atom stereocenters. The van der Waals surface area contributed by atoms with Crippen LogP contribution < -0.4 is 9.47 Å². The summed E-state index contributed by atoms with van der Waals surface area (Å²) in [5, 5.41) is 1.30. The molecule has 4 nitrogen and oxygen atoms in total. The second kappa shape index (κ2) is 11.8. The first kappa shape index (κ1) is 25.8. The van der Waals surface area contributed by atoms with Gasteiger partial charge in [-0.3, -0.25) is 9.69 Å². The normalized spacial score (nSPS) is 16.8. The molecule has 0 amide bonds. The van der Waals surface area contributed by atoms with E-state index >= 15 is 0 Å². The van der Waals surface area contributed by atoms with Gasteiger partial charge < -0.3 is 9.47 Å². The summed E-state index contributed by atoms with van der Waals surface area (Å²) < 4.78 is 13.1. The van der Waals surface area contributed by atoms with Crippen LogP contribution >= 0.6 is 11.3 Å². The van der Waals surface area contributed by atoms with Crippen molar-refractivity contribution in [2.75, 3.05) is 32.8 Å². The van der Waals surface area contributed by atoms with Crippen LogP contribution in [0.15, 0.2) is 84.4 Å². The molecule has 1 fully saturated rings. The summed E-state index contributed by atoms with van der Waals surface area (Å²) in [6.45, 7) is 6.37. The molecule has 1 aliphatic heterocycles. The van der Waals surface area contributed by atoms with E-state index in [-0.39, 0.29) is 12.4 Å². The van der Waals surface area contributed by atoms with Crippen LogP contribution in [-0.2, 0) is 11.2 Å². The smallest absolute Gasteiger partial charge is 0.174 e. The zero-order chi connectivity index (χ0) is 26.6. The maximum atomic E-state index is 12.1. The highest BCUT2D eigenvalue weighted by Gasteiger charge is 2.21. The fraction of sp³-hybridized carbons (Fsp3) is 0.324. The number of ketones is 1. The number of Topliss-reactive ketones (excluding diaryl/α,β-unsaturated/α-hetero) is 1. The zero-order valence-electron chi connectivity index (χ0n) is 22.5. The molecule has 0 spiro atoms. The summed E-state index contributed by atoms with van der Waals surface area (Å²) >= 11 is 1.85. The molecule has 5 heteroatoms. The largest absolute Gasteiger partial charge is 0.492 e. The van der Waals surface area contributed by atoms with E-state index in [4.69, 9.17) is 9.47 Å². The Morgan fingerprint density at radius 3 is 2.36 bits per heavy atom. The van der Waals surface area contributed by atoms with E-state index in [2.05, 4.69) is 78.6 Å². The number of allylic oxidation sites excluding steroid dienone is 2. The van der Waals surface area contributed by atoms with Crippen molar-refractivity contribution in [3.63, 3.8) is 0 Å². The van der Waals surface area contributed by atoms with Gasteiger partial charge in [0.25, 0.3) is 0 Å². The molecule has 1 aromatic heterocycles.